The van der Waals surface area contributed by atoms with Crippen molar-refractivity contribution in [2.75, 3.05) is 6.61 Å². The van der Waals surface area contributed by atoms with Crippen LogP contribution in [0.4, 0.5) is 0 Å². The Labute approximate surface area is 89.0 Å². The van der Waals surface area contributed by atoms with E-state index in [1.807, 2.05) is 0 Å². The topological polar surface area (TPSA) is 104 Å². The molecule has 0 fully saturated rings. The van der Waals surface area contributed by atoms with E-state index >= 15 is 0 Å². The lowest BCUT2D eigenvalue weighted by Crippen LogP contribution is -2.22. The lowest BCUT2D eigenvalue weighted by atomic mass is 10.1. The van der Waals surface area contributed by atoms with Crippen LogP contribution in [0.2, 0.25) is 0 Å². The second-order valence-corrected chi connectivity index (χ2v) is 3.41. The highest BCUT2D eigenvalue weighted by atomic mass is 16.6. The normalized spacial score (nSPS) is 12.7. The molecule has 15 heavy (non-hydrogen) atoms. The molecule has 0 bridgehead atoms. The molecular formula is C9H16N4O2. The molecule has 0 atom stereocenters. The van der Waals surface area contributed by atoms with Crippen LogP contribution < -0.4 is 5.73 Å². The third kappa shape index (κ3) is 6.32. The zero-order valence-electron chi connectivity index (χ0n) is 8.97. The Morgan fingerprint density at radius 3 is 2.73 bits per heavy atom. The third-order valence-corrected chi connectivity index (χ3v) is 1.63. The van der Waals surface area contributed by atoms with Gasteiger partial charge in [0.25, 0.3) is 0 Å². The number of nitriles is 1. The first-order chi connectivity index (χ1) is 7.11. The van der Waals surface area contributed by atoms with Gasteiger partial charge < -0.3 is 15.8 Å². The highest BCUT2D eigenvalue weighted by molar-refractivity contribution is 6.46. The summed E-state index contributed by atoms with van der Waals surface area (Å²) in [6.07, 6.45) is 1.89. The number of rotatable bonds is 6. The molecule has 0 spiro atoms. The first-order valence-electron chi connectivity index (χ1n) is 4.69. The molecule has 0 aromatic carbocycles. The standard InChI is InChI=1S/C9H16N4O2/c1-7(2)4-3-5-15-13-8(6-10)9(11)12-14/h7,14H,3-5H2,1-2H3,(H2,11,12)/b13-8-. The lowest BCUT2D eigenvalue weighted by molar-refractivity contribution is 0.138. The van der Waals surface area contributed by atoms with E-state index in [1.54, 1.807) is 6.07 Å². The molecule has 6 heteroatoms. The van der Waals surface area contributed by atoms with Gasteiger partial charge in [0.1, 0.15) is 12.7 Å². The summed E-state index contributed by atoms with van der Waals surface area (Å²) < 4.78 is 0. The van der Waals surface area contributed by atoms with Crippen molar-refractivity contribution in [3.63, 3.8) is 0 Å². The van der Waals surface area contributed by atoms with Crippen LogP contribution in [0.5, 0.6) is 0 Å². The SMILES string of the molecule is CC(C)CCCO/N=C(C#N)\C(N)=N/O. The fraction of sp³-hybridized carbons (Fsp3) is 0.667. The van der Waals surface area contributed by atoms with Gasteiger partial charge in [0, 0.05) is 0 Å². The minimum absolute atomic E-state index is 0.220. The van der Waals surface area contributed by atoms with Gasteiger partial charge in [0.2, 0.25) is 11.5 Å². The fourth-order valence-corrected chi connectivity index (χ4v) is 0.838. The summed E-state index contributed by atoms with van der Waals surface area (Å²) in [5, 5.41) is 22.9. The molecule has 0 aliphatic rings. The number of hydrogen-bond donors (Lipinski definition) is 2. The van der Waals surface area contributed by atoms with Crippen molar-refractivity contribution < 1.29 is 10.0 Å². The molecule has 0 saturated carbocycles. The van der Waals surface area contributed by atoms with Gasteiger partial charge in [-0.05, 0) is 18.8 Å². The van der Waals surface area contributed by atoms with Gasteiger partial charge in [-0.25, -0.2) is 0 Å². The van der Waals surface area contributed by atoms with E-state index in [4.69, 9.17) is 21.0 Å². The van der Waals surface area contributed by atoms with E-state index in [0.29, 0.717) is 12.5 Å². The van der Waals surface area contributed by atoms with Crippen molar-refractivity contribution in [3.05, 3.63) is 0 Å². The Hall–Kier alpha value is -1.77. The van der Waals surface area contributed by atoms with Gasteiger partial charge in [-0.15, -0.1) is 0 Å². The predicted octanol–water partition coefficient (Wildman–Crippen LogP) is 1.07. The largest absolute Gasteiger partial charge is 0.409 e. The maximum absolute atomic E-state index is 8.54. The number of nitrogens with two attached hydrogens (primary N) is 1. The third-order valence-electron chi connectivity index (χ3n) is 1.63. The van der Waals surface area contributed by atoms with Crippen LogP contribution in [-0.2, 0) is 4.84 Å². The summed E-state index contributed by atoms with van der Waals surface area (Å²) in [6, 6.07) is 1.66. The van der Waals surface area contributed by atoms with E-state index in [9.17, 15) is 0 Å². The number of amidine groups is 1. The second kappa shape index (κ2) is 7.62. The molecule has 0 amide bonds. The average molecular weight is 212 g/mol. The van der Waals surface area contributed by atoms with Crippen molar-refractivity contribution in [1.82, 2.24) is 0 Å². The summed E-state index contributed by atoms with van der Waals surface area (Å²) in [5.41, 5.74) is 4.94. The number of hydrogen-bond acceptors (Lipinski definition) is 5. The van der Waals surface area contributed by atoms with Gasteiger partial charge in [0.15, 0.2) is 0 Å². The zero-order chi connectivity index (χ0) is 11.7. The van der Waals surface area contributed by atoms with Crippen LogP contribution in [0.1, 0.15) is 26.7 Å². The number of oxime groups is 2. The van der Waals surface area contributed by atoms with Crippen LogP contribution in [0.25, 0.3) is 0 Å². The van der Waals surface area contributed by atoms with Crippen molar-refractivity contribution in [2.24, 2.45) is 22.0 Å². The fourth-order valence-electron chi connectivity index (χ4n) is 0.838. The van der Waals surface area contributed by atoms with Gasteiger partial charge in [-0.1, -0.05) is 24.2 Å². The molecule has 84 valence electrons. The van der Waals surface area contributed by atoms with E-state index in [0.717, 1.165) is 12.8 Å². The van der Waals surface area contributed by atoms with Crippen LogP contribution >= 0.6 is 0 Å². The Kier molecular flexibility index (Phi) is 6.72. The molecular weight excluding hydrogens is 196 g/mol. The molecule has 0 aliphatic carbocycles. The molecule has 0 aromatic heterocycles. The van der Waals surface area contributed by atoms with Gasteiger partial charge in [-0.3, -0.25) is 0 Å². The summed E-state index contributed by atoms with van der Waals surface area (Å²) in [4.78, 5) is 4.85. The van der Waals surface area contributed by atoms with E-state index in [2.05, 4.69) is 24.2 Å². The van der Waals surface area contributed by atoms with Crippen molar-refractivity contribution in [1.29, 1.82) is 5.26 Å². The van der Waals surface area contributed by atoms with Gasteiger partial charge >= 0.3 is 0 Å². The maximum Gasteiger partial charge on any atom is 0.224 e. The Morgan fingerprint density at radius 1 is 1.60 bits per heavy atom. The summed E-state index contributed by atoms with van der Waals surface area (Å²) >= 11 is 0. The molecule has 0 aliphatic heterocycles. The van der Waals surface area contributed by atoms with Crippen LogP contribution in [-0.4, -0.2) is 23.4 Å². The molecule has 0 aromatic rings. The highest BCUT2D eigenvalue weighted by Gasteiger charge is 2.04. The minimum atomic E-state index is -0.346. The van der Waals surface area contributed by atoms with Crippen LogP contribution in [0.3, 0.4) is 0 Å². The Balaban J connectivity index is 3.89. The maximum atomic E-state index is 8.54. The molecule has 6 nitrogen and oxygen atoms in total. The van der Waals surface area contributed by atoms with E-state index in [1.165, 1.54) is 0 Å². The first kappa shape index (κ1) is 13.2. The molecule has 3 N–H and O–H groups in total. The smallest absolute Gasteiger partial charge is 0.224 e. The lowest BCUT2D eigenvalue weighted by Gasteiger charge is -2.02. The first-order valence-corrected chi connectivity index (χ1v) is 4.69. The van der Waals surface area contributed by atoms with E-state index in [-0.39, 0.29) is 11.5 Å². The van der Waals surface area contributed by atoms with Crippen LogP contribution in [0.15, 0.2) is 10.3 Å². The van der Waals surface area contributed by atoms with Crippen LogP contribution in [0, 0.1) is 17.2 Å². The van der Waals surface area contributed by atoms with Crippen molar-refractivity contribution in [2.45, 2.75) is 26.7 Å². The predicted molar refractivity (Wildman–Crippen MR) is 56.5 cm³/mol. The zero-order valence-corrected chi connectivity index (χ0v) is 8.97. The summed E-state index contributed by atoms with van der Waals surface area (Å²) in [5.74, 6) is 0.262. The summed E-state index contributed by atoms with van der Waals surface area (Å²) in [7, 11) is 0. The molecule has 0 saturated heterocycles. The van der Waals surface area contributed by atoms with Gasteiger partial charge in [-0.2, -0.15) is 5.26 Å². The highest BCUT2D eigenvalue weighted by Crippen LogP contribution is 2.03. The number of nitrogens with zero attached hydrogens (tertiary/aromatic N) is 3. The molecule has 0 heterocycles. The second-order valence-electron chi connectivity index (χ2n) is 3.41. The minimum Gasteiger partial charge on any atom is -0.409 e. The summed E-state index contributed by atoms with van der Waals surface area (Å²) in [6.45, 7) is 4.64. The molecule has 0 radical (unpaired) electrons. The Morgan fingerprint density at radius 2 is 2.27 bits per heavy atom. The van der Waals surface area contributed by atoms with Crippen molar-refractivity contribution in [3.8, 4) is 6.07 Å². The van der Waals surface area contributed by atoms with E-state index < -0.39 is 0 Å². The quantitative estimate of drug-likeness (QED) is 0.226. The average Bonchev–Trinajstić information content (AvgIpc) is 2.22. The van der Waals surface area contributed by atoms with Crippen molar-refractivity contribution >= 4 is 11.5 Å². The molecule has 0 rings (SSSR count). The van der Waals surface area contributed by atoms with Gasteiger partial charge in [0.05, 0.1) is 0 Å². The Bertz CT molecular complexity index is 278. The molecule has 0 unspecified atom stereocenters. The monoisotopic (exact) mass is 212 g/mol.